The highest BCUT2D eigenvalue weighted by atomic mass is 16.5. The molecular formula is C27H24N6O6. The van der Waals surface area contributed by atoms with Gasteiger partial charge in [0.2, 0.25) is 11.7 Å². The summed E-state index contributed by atoms with van der Waals surface area (Å²) in [6, 6.07) is 14.4. The van der Waals surface area contributed by atoms with Crippen LogP contribution in [0.4, 0.5) is 11.6 Å². The molecule has 198 valence electrons. The molecule has 12 nitrogen and oxygen atoms in total. The number of rotatable bonds is 7. The number of carbonyl (C=O) groups excluding carboxylic acids is 1. The van der Waals surface area contributed by atoms with Gasteiger partial charge in [0.15, 0.2) is 5.69 Å². The van der Waals surface area contributed by atoms with Crippen molar-refractivity contribution in [2.45, 2.75) is 19.2 Å². The Bertz CT molecular complexity index is 1620. The number of aromatic nitrogens is 3. The van der Waals surface area contributed by atoms with Crippen LogP contribution in [-0.4, -0.2) is 46.5 Å². The van der Waals surface area contributed by atoms with Crippen molar-refractivity contribution in [3.8, 4) is 17.6 Å². The molecule has 4 aromatic rings. The average molecular weight is 529 g/mol. The number of amides is 1. The molecule has 0 bridgehead atoms. The number of nitriles is 1. The highest BCUT2D eigenvalue weighted by Crippen LogP contribution is 2.42. The molecule has 39 heavy (non-hydrogen) atoms. The molecule has 0 spiro atoms. The maximum Gasteiger partial charge on any atom is 0.298 e. The van der Waals surface area contributed by atoms with Gasteiger partial charge >= 0.3 is 0 Å². The van der Waals surface area contributed by atoms with Crippen LogP contribution in [0, 0.1) is 11.3 Å². The lowest BCUT2D eigenvalue weighted by Crippen LogP contribution is -2.36. The molecule has 2 aromatic carbocycles. The normalized spacial score (nSPS) is 13.8. The number of nitrogens with zero attached hydrogens (tertiary/aromatic N) is 5. The van der Waals surface area contributed by atoms with Crippen molar-refractivity contribution in [1.29, 1.82) is 5.26 Å². The van der Waals surface area contributed by atoms with Gasteiger partial charge in [0, 0.05) is 19.7 Å². The highest BCUT2D eigenvalue weighted by molar-refractivity contribution is 6.04. The second-order valence-electron chi connectivity index (χ2n) is 8.76. The van der Waals surface area contributed by atoms with E-state index in [4.69, 9.17) is 14.0 Å². The Kier molecular flexibility index (Phi) is 6.98. The number of fused-ring (bicyclic) bond motifs is 2. The standard InChI is InChI=1S/C27H24N6O6/c1-32(23-19-8-4-3-6-17(19)14-38-20-9-5-7-16(12-28)21(20)23)27-31-22(25(35)30-18-13-29-39-15-18)24(34)26(36)33(27)10-11-37-2/h3-9,13,15,23,34H,10-11,14H2,1-2H3,(H,30,35). The molecule has 1 aliphatic rings. The quantitative estimate of drug-likeness (QED) is 0.366. The van der Waals surface area contributed by atoms with Gasteiger partial charge in [-0.05, 0) is 23.3 Å². The lowest BCUT2D eigenvalue weighted by Gasteiger charge is -2.32. The topological polar surface area (TPSA) is 156 Å². The van der Waals surface area contributed by atoms with Crippen molar-refractivity contribution in [2.75, 3.05) is 31.0 Å². The van der Waals surface area contributed by atoms with Crippen LogP contribution in [0.3, 0.4) is 0 Å². The number of hydrogen-bond donors (Lipinski definition) is 2. The van der Waals surface area contributed by atoms with E-state index >= 15 is 0 Å². The third kappa shape index (κ3) is 4.67. The molecular weight excluding hydrogens is 504 g/mol. The third-order valence-corrected chi connectivity index (χ3v) is 6.45. The summed E-state index contributed by atoms with van der Waals surface area (Å²) in [5, 5.41) is 26.7. The number of benzene rings is 2. The van der Waals surface area contributed by atoms with Crippen molar-refractivity contribution < 1.29 is 23.9 Å². The SMILES string of the molecule is COCCn1c(N(C)C2c3ccccc3COc3cccc(C#N)c32)nc(C(=O)Nc2cnoc2)c(O)c1=O. The van der Waals surface area contributed by atoms with E-state index in [-0.39, 0.29) is 31.4 Å². The number of anilines is 2. The fraction of sp³-hybridized carbons (Fsp3) is 0.222. The molecule has 1 aliphatic heterocycles. The van der Waals surface area contributed by atoms with Crippen LogP contribution in [0.5, 0.6) is 11.5 Å². The van der Waals surface area contributed by atoms with Crippen LogP contribution >= 0.6 is 0 Å². The minimum absolute atomic E-state index is 0.0424. The fourth-order valence-electron chi connectivity index (χ4n) is 4.61. The summed E-state index contributed by atoms with van der Waals surface area (Å²) < 4.78 is 17.2. The van der Waals surface area contributed by atoms with E-state index < -0.39 is 29.0 Å². The molecule has 0 saturated carbocycles. The Balaban J connectivity index is 1.72. The van der Waals surface area contributed by atoms with E-state index in [1.54, 1.807) is 30.1 Å². The first-order valence-corrected chi connectivity index (χ1v) is 11.9. The number of methoxy groups -OCH3 is 1. The van der Waals surface area contributed by atoms with Crippen LogP contribution in [-0.2, 0) is 17.9 Å². The number of nitrogens with one attached hydrogen (secondary N) is 1. The predicted octanol–water partition coefficient (Wildman–Crippen LogP) is 2.83. The zero-order valence-electron chi connectivity index (χ0n) is 21.1. The summed E-state index contributed by atoms with van der Waals surface area (Å²) >= 11 is 0. The van der Waals surface area contributed by atoms with E-state index in [1.165, 1.54) is 24.1 Å². The molecule has 0 radical (unpaired) electrons. The van der Waals surface area contributed by atoms with Gasteiger partial charge in [0.05, 0.1) is 37.0 Å². The summed E-state index contributed by atoms with van der Waals surface area (Å²) in [5.41, 5.74) is 1.60. The second kappa shape index (κ2) is 10.7. The summed E-state index contributed by atoms with van der Waals surface area (Å²) in [4.78, 5) is 32.6. The molecule has 5 rings (SSSR count). The van der Waals surface area contributed by atoms with E-state index in [2.05, 4.69) is 21.5 Å². The largest absolute Gasteiger partial charge is 0.501 e. The minimum atomic E-state index is -0.830. The van der Waals surface area contributed by atoms with Crippen LogP contribution < -0.4 is 20.5 Å². The van der Waals surface area contributed by atoms with E-state index in [1.807, 2.05) is 24.3 Å². The number of hydrogen-bond acceptors (Lipinski definition) is 10. The zero-order chi connectivity index (χ0) is 27.5. The van der Waals surface area contributed by atoms with Gasteiger partial charge in [-0.3, -0.25) is 14.2 Å². The third-order valence-electron chi connectivity index (χ3n) is 6.45. The van der Waals surface area contributed by atoms with Crippen LogP contribution in [0.1, 0.15) is 38.8 Å². The smallest absolute Gasteiger partial charge is 0.298 e. The first-order valence-electron chi connectivity index (χ1n) is 11.9. The zero-order valence-corrected chi connectivity index (χ0v) is 21.1. The molecule has 0 saturated heterocycles. The molecule has 2 aromatic heterocycles. The van der Waals surface area contributed by atoms with Gasteiger partial charge in [-0.1, -0.05) is 35.5 Å². The van der Waals surface area contributed by atoms with Crippen molar-refractivity contribution >= 4 is 17.5 Å². The van der Waals surface area contributed by atoms with Gasteiger partial charge in [0.1, 0.15) is 24.3 Å². The van der Waals surface area contributed by atoms with Crippen LogP contribution in [0.15, 0.2) is 64.2 Å². The molecule has 1 amide bonds. The van der Waals surface area contributed by atoms with Crippen molar-refractivity contribution in [1.82, 2.24) is 14.7 Å². The average Bonchev–Trinajstić information content (AvgIpc) is 3.40. The monoisotopic (exact) mass is 528 g/mol. The maximum absolute atomic E-state index is 13.4. The van der Waals surface area contributed by atoms with Gasteiger partial charge in [-0.25, -0.2) is 4.98 Å². The van der Waals surface area contributed by atoms with E-state index in [9.17, 15) is 20.0 Å². The lowest BCUT2D eigenvalue weighted by atomic mass is 9.91. The van der Waals surface area contributed by atoms with Gasteiger partial charge in [-0.15, -0.1) is 0 Å². The molecule has 1 unspecified atom stereocenters. The molecule has 1 atom stereocenters. The summed E-state index contributed by atoms with van der Waals surface area (Å²) in [7, 11) is 3.19. The number of ether oxygens (including phenoxy) is 2. The summed E-state index contributed by atoms with van der Waals surface area (Å²) in [5.74, 6) is -1.06. The Morgan fingerprint density at radius 3 is 2.87 bits per heavy atom. The Morgan fingerprint density at radius 2 is 2.13 bits per heavy atom. The highest BCUT2D eigenvalue weighted by Gasteiger charge is 2.34. The molecule has 0 aliphatic carbocycles. The molecule has 2 N–H and O–H groups in total. The van der Waals surface area contributed by atoms with E-state index in [0.29, 0.717) is 16.9 Å². The summed E-state index contributed by atoms with van der Waals surface area (Å²) in [6.45, 7) is 0.452. The first-order chi connectivity index (χ1) is 18.9. The molecule has 3 heterocycles. The van der Waals surface area contributed by atoms with Crippen molar-refractivity contribution in [3.05, 3.63) is 93.2 Å². The molecule has 12 heteroatoms. The summed E-state index contributed by atoms with van der Waals surface area (Å²) in [6.07, 6.45) is 2.47. The van der Waals surface area contributed by atoms with Gasteiger partial charge < -0.3 is 29.3 Å². The second-order valence-corrected chi connectivity index (χ2v) is 8.76. The Morgan fingerprint density at radius 1 is 1.31 bits per heavy atom. The van der Waals surface area contributed by atoms with Crippen molar-refractivity contribution in [2.24, 2.45) is 0 Å². The Hall–Kier alpha value is -5.15. The first kappa shape index (κ1) is 25.5. The van der Waals surface area contributed by atoms with Crippen LogP contribution in [0.25, 0.3) is 0 Å². The lowest BCUT2D eigenvalue weighted by molar-refractivity contribution is 0.101. The van der Waals surface area contributed by atoms with E-state index in [0.717, 1.165) is 11.1 Å². The maximum atomic E-state index is 13.4. The fourth-order valence-corrected chi connectivity index (χ4v) is 4.61. The van der Waals surface area contributed by atoms with Crippen molar-refractivity contribution in [3.63, 3.8) is 0 Å². The minimum Gasteiger partial charge on any atom is -0.501 e. The number of carbonyl (C=O) groups is 1. The molecule has 0 fully saturated rings. The Labute approximate surface area is 222 Å². The van der Waals surface area contributed by atoms with Gasteiger partial charge in [0.25, 0.3) is 11.5 Å². The van der Waals surface area contributed by atoms with Gasteiger partial charge in [-0.2, -0.15) is 5.26 Å². The van der Waals surface area contributed by atoms with Crippen LogP contribution in [0.2, 0.25) is 0 Å². The predicted molar refractivity (Wildman–Crippen MR) is 139 cm³/mol. The number of aromatic hydroxyl groups is 1.